The van der Waals surface area contributed by atoms with Gasteiger partial charge in [-0.25, -0.2) is 9.59 Å². The number of alkyl halides is 6. The molecule has 2 fully saturated rings. The average Bonchev–Trinajstić information content (AvgIpc) is 3.67. The molecule has 0 bridgehead atoms. The van der Waals surface area contributed by atoms with Crippen LogP contribution < -0.4 is 0 Å². The Morgan fingerprint density at radius 2 is 1.06 bits per heavy atom. The van der Waals surface area contributed by atoms with Crippen LogP contribution in [0.15, 0.2) is 36.4 Å². The van der Waals surface area contributed by atoms with E-state index in [1.54, 1.807) is 21.9 Å². The normalized spacial score (nSPS) is 16.3. The third kappa shape index (κ3) is 7.86. The molecule has 2 amide bonds. The molecule has 0 saturated carbocycles. The fraction of sp³-hybridized carbons (Fsp3) is 0.429. The molecule has 8 nitrogen and oxygen atoms in total. The van der Waals surface area contributed by atoms with E-state index in [1.807, 2.05) is 0 Å². The van der Waals surface area contributed by atoms with Crippen molar-refractivity contribution in [2.24, 2.45) is 0 Å². The fourth-order valence-electron chi connectivity index (χ4n) is 6.90. The van der Waals surface area contributed by atoms with Gasteiger partial charge in [0.2, 0.25) is 11.8 Å². The molecule has 51 heavy (non-hydrogen) atoms. The number of aromatic carboxylic acids is 1. The molecule has 2 aliphatic rings. The number of likely N-dealkylation sites (tertiary alicyclic amines) is 2. The largest absolute Gasteiger partial charge is 0.477 e. The van der Waals surface area contributed by atoms with Gasteiger partial charge in [-0.3, -0.25) is 9.59 Å². The van der Waals surface area contributed by atoms with Gasteiger partial charge in [-0.05, 0) is 71.6 Å². The van der Waals surface area contributed by atoms with Crippen LogP contribution in [0.3, 0.4) is 0 Å². The summed E-state index contributed by atoms with van der Waals surface area (Å²) in [7, 11) is 1.22. The van der Waals surface area contributed by atoms with Crippen molar-refractivity contribution in [3.05, 3.63) is 68.4 Å². The molecule has 0 spiro atoms. The first-order valence-electron chi connectivity index (χ1n) is 16.0. The zero-order valence-corrected chi connectivity index (χ0v) is 29.4. The number of methoxy groups -OCH3 is 1. The zero-order valence-electron chi connectivity index (χ0n) is 27.7. The summed E-state index contributed by atoms with van der Waals surface area (Å²) in [5.74, 6) is -2.16. The Morgan fingerprint density at radius 1 is 0.686 bits per heavy atom. The van der Waals surface area contributed by atoms with Gasteiger partial charge in [0.25, 0.3) is 0 Å². The van der Waals surface area contributed by atoms with Gasteiger partial charge in [0.15, 0.2) is 0 Å². The minimum atomic E-state index is -4.53. The number of rotatable bonds is 4. The second-order valence-electron chi connectivity index (χ2n) is 12.4. The van der Waals surface area contributed by atoms with Gasteiger partial charge in [-0.1, -0.05) is 24.3 Å². The standard InChI is InChI=1S/C18H18F3NO3S.C17H16F3NO3S/c1-10(23)22-8-6-11(7-9-22)14-12-4-3-5-13(18(19,20)21)15(12)26-16(14)17(24)25-2;1-9(22)21-7-5-10(6-8-21)13-11-3-2-4-12(17(18,19)20)14(11)25-15(13)16(23)24/h3-5,11H,6-9H2,1-2H3;2-4,10H,5-8H2,1H3,(H,23,24). The van der Waals surface area contributed by atoms with Gasteiger partial charge in [0.1, 0.15) is 9.75 Å². The number of carboxylic acids is 1. The highest BCUT2D eigenvalue weighted by Crippen LogP contribution is 2.47. The minimum absolute atomic E-state index is 0.0221. The number of carbonyl (C=O) groups is 4. The number of carboxylic acid groups (broad SMARTS) is 1. The summed E-state index contributed by atoms with van der Waals surface area (Å²) in [5, 5.41) is 10.3. The van der Waals surface area contributed by atoms with Gasteiger partial charge in [-0.15, -0.1) is 22.7 Å². The Morgan fingerprint density at radius 3 is 1.39 bits per heavy atom. The van der Waals surface area contributed by atoms with E-state index < -0.39 is 35.4 Å². The molecule has 0 atom stereocenters. The highest BCUT2D eigenvalue weighted by Gasteiger charge is 2.38. The van der Waals surface area contributed by atoms with E-state index in [0.717, 1.165) is 23.5 Å². The molecule has 1 N–H and O–H groups in total. The first-order chi connectivity index (χ1) is 23.9. The maximum absolute atomic E-state index is 13.4. The van der Waals surface area contributed by atoms with E-state index >= 15 is 0 Å². The average molecular weight is 757 g/mol. The number of piperidine rings is 2. The number of nitrogens with zero attached hydrogens (tertiary/aromatic N) is 2. The summed E-state index contributed by atoms with van der Waals surface area (Å²) in [6, 6.07) is 7.87. The van der Waals surface area contributed by atoms with Gasteiger partial charge in [0.05, 0.1) is 18.2 Å². The summed E-state index contributed by atoms with van der Waals surface area (Å²) in [5.41, 5.74) is -0.449. The Bertz CT molecular complexity index is 1970. The number of amides is 2. The molecule has 4 heterocycles. The molecule has 4 aromatic rings. The van der Waals surface area contributed by atoms with Crippen molar-refractivity contribution in [3.8, 4) is 0 Å². The second kappa shape index (κ2) is 14.8. The van der Waals surface area contributed by atoms with Crippen molar-refractivity contribution in [1.82, 2.24) is 9.80 Å². The number of esters is 1. The van der Waals surface area contributed by atoms with Crippen LogP contribution in [0.4, 0.5) is 26.3 Å². The third-order valence-electron chi connectivity index (χ3n) is 9.38. The van der Waals surface area contributed by atoms with E-state index in [9.17, 15) is 50.6 Å². The van der Waals surface area contributed by atoms with Gasteiger partial charge in [0, 0.05) is 49.4 Å². The van der Waals surface area contributed by atoms with E-state index in [1.165, 1.54) is 33.1 Å². The number of thiophene rings is 2. The topological polar surface area (TPSA) is 104 Å². The van der Waals surface area contributed by atoms with E-state index in [2.05, 4.69) is 0 Å². The van der Waals surface area contributed by atoms with Crippen LogP contribution in [-0.4, -0.2) is 71.9 Å². The van der Waals surface area contributed by atoms with Crippen molar-refractivity contribution in [1.29, 1.82) is 0 Å². The molecule has 274 valence electrons. The van der Waals surface area contributed by atoms with Crippen LogP contribution in [0.5, 0.6) is 0 Å². The van der Waals surface area contributed by atoms with Gasteiger partial charge in [-0.2, -0.15) is 26.3 Å². The first kappa shape index (κ1) is 38.1. The van der Waals surface area contributed by atoms with Gasteiger partial charge < -0.3 is 19.6 Å². The molecule has 2 aliphatic heterocycles. The Balaban J connectivity index is 0.000000198. The Labute approximate surface area is 296 Å². The predicted octanol–water partition coefficient (Wildman–Crippen LogP) is 8.78. The lowest BCUT2D eigenvalue weighted by Gasteiger charge is -2.31. The highest BCUT2D eigenvalue weighted by molar-refractivity contribution is 7.21. The molecule has 16 heteroatoms. The molecule has 0 aliphatic carbocycles. The lowest BCUT2D eigenvalue weighted by molar-refractivity contribution is -0.137. The van der Waals surface area contributed by atoms with Crippen LogP contribution in [0.2, 0.25) is 0 Å². The summed E-state index contributed by atoms with van der Waals surface area (Å²) in [6.07, 6.45) is -6.73. The molecular weight excluding hydrogens is 723 g/mol. The van der Waals surface area contributed by atoms with E-state index in [4.69, 9.17) is 4.74 Å². The van der Waals surface area contributed by atoms with Crippen LogP contribution in [0.1, 0.15) is 93.0 Å². The molecule has 2 aromatic carbocycles. The highest BCUT2D eigenvalue weighted by atomic mass is 32.1. The van der Waals surface area contributed by atoms with E-state index in [0.29, 0.717) is 85.1 Å². The van der Waals surface area contributed by atoms with Crippen molar-refractivity contribution in [2.45, 2.75) is 63.7 Å². The zero-order chi connectivity index (χ0) is 37.4. The van der Waals surface area contributed by atoms with Crippen molar-refractivity contribution < 1.29 is 55.4 Å². The minimum Gasteiger partial charge on any atom is -0.477 e. The monoisotopic (exact) mass is 756 g/mol. The molecule has 2 aromatic heterocycles. The predicted molar refractivity (Wildman–Crippen MR) is 180 cm³/mol. The molecule has 6 rings (SSSR count). The summed E-state index contributed by atoms with van der Waals surface area (Å²) in [6.45, 7) is 4.98. The number of hydrogen-bond donors (Lipinski definition) is 1. The summed E-state index contributed by atoms with van der Waals surface area (Å²) >= 11 is 1.52. The summed E-state index contributed by atoms with van der Waals surface area (Å²) in [4.78, 5) is 50.4. The van der Waals surface area contributed by atoms with Crippen molar-refractivity contribution >= 4 is 66.6 Å². The molecular formula is C35H34F6N2O6S2. The molecule has 2 saturated heterocycles. The maximum atomic E-state index is 13.4. The third-order valence-corrected chi connectivity index (χ3v) is 11.9. The molecule has 0 radical (unpaired) electrons. The SMILES string of the molecule is CC(=O)N1CCC(c2c(C(=O)O)sc3c(C(F)(F)F)cccc23)CC1.COC(=O)c1sc2c(C(F)(F)F)cccc2c1C1CCN(C(C)=O)CC1. The number of hydrogen-bond acceptors (Lipinski definition) is 7. The fourth-order valence-corrected chi connectivity index (χ4v) is 9.50. The number of benzene rings is 2. The van der Waals surface area contributed by atoms with Crippen LogP contribution in [0, 0.1) is 0 Å². The maximum Gasteiger partial charge on any atom is 0.417 e. The Hall–Kier alpha value is -4.18. The van der Waals surface area contributed by atoms with E-state index in [-0.39, 0.29) is 42.8 Å². The number of fused-ring (bicyclic) bond motifs is 2. The lowest BCUT2D eigenvalue weighted by atomic mass is 9.87. The van der Waals surface area contributed by atoms with Crippen molar-refractivity contribution in [3.63, 3.8) is 0 Å². The quantitative estimate of drug-likeness (QED) is 0.165. The number of halogens is 6. The van der Waals surface area contributed by atoms with Crippen LogP contribution in [-0.2, 0) is 26.7 Å². The second-order valence-corrected chi connectivity index (χ2v) is 14.4. The summed E-state index contributed by atoms with van der Waals surface area (Å²) < 4.78 is 84.7. The number of carbonyl (C=O) groups excluding carboxylic acids is 3. The van der Waals surface area contributed by atoms with Crippen LogP contribution >= 0.6 is 22.7 Å². The lowest BCUT2D eigenvalue weighted by Crippen LogP contribution is -2.36. The van der Waals surface area contributed by atoms with Crippen molar-refractivity contribution in [2.75, 3.05) is 33.3 Å². The Kier molecular flexibility index (Phi) is 11.1. The van der Waals surface area contributed by atoms with Gasteiger partial charge >= 0.3 is 24.3 Å². The molecule has 0 unspecified atom stereocenters. The first-order valence-corrected chi connectivity index (χ1v) is 17.6. The number of ether oxygens (including phenoxy) is 1. The smallest absolute Gasteiger partial charge is 0.417 e. The van der Waals surface area contributed by atoms with Crippen LogP contribution in [0.25, 0.3) is 20.2 Å².